The highest BCUT2D eigenvalue weighted by atomic mass is 35.5. The van der Waals surface area contributed by atoms with Crippen molar-refractivity contribution in [2.75, 3.05) is 6.54 Å². The summed E-state index contributed by atoms with van der Waals surface area (Å²) in [4.78, 5) is 16.6. The number of nitrogens with one attached hydrogen (secondary N) is 1. The number of nitrogens with zero attached hydrogens (tertiary/aromatic N) is 3. The summed E-state index contributed by atoms with van der Waals surface area (Å²) in [6.45, 7) is -0.296. The summed E-state index contributed by atoms with van der Waals surface area (Å²) in [5.74, 6) is -0.500. The van der Waals surface area contributed by atoms with E-state index in [2.05, 4.69) is 15.5 Å². The first kappa shape index (κ1) is 21.4. The molecule has 0 bridgehead atoms. The van der Waals surface area contributed by atoms with Gasteiger partial charge in [-0.3, -0.25) is 9.78 Å². The number of hydrogen-bond acceptors (Lipinski definition) is 5. The molecule has 3 rings (SSSR count). The Balaban J connectivity index is 1.75. The van der Waals surface area contributed by atoms with Gasteiger partial charge in [0.2, 0.25) is 10.0 Å². The summed E-state index contributed by atoms with van der Waals surface area (Å²) in [5.41, 5.74) is 2.99. The van der Waals surface area contributed by atoms with Gasteiger partial charge >= 0.3 is 0 Å². The normalized spacial score (nSPS) is 15.7. The number of hydrogen-bond donors (Lipinski definition) is 1. The van der Waals surface area contributed by atoms with E-state index in [1.807, 2.05) is 0 Å². The molecular weight excluding hydrogens is 412 g/mol. The monoisotopic (exact) mass is 434 g/mol. The molecule has 154 valence electrons. The molecule has 29 heavy (non-hydrogen) atoms. The lowest BCUT2D eigenvalue weighted by Crippen LogP contribution is -2.46. The Bertz CT molecular complexity index is 943. The molecule has 1 aromatic heterocycles. The fourth-order valence-corrected chi connectivity index (χ4v) is 5.09. The van der Waals surface area contributed by atoms with Crippen molar-refractivity contribution < 1.29 is 13.2 Å². The van der Waals surface area contributed by atoms with Crippen LogP contribution in [-0.2, 0) is 14.8 Å². The number of pyridine rings is 1. The van der Waals surface area contributed by atoms with Gasteiger partial charge in [-0.25, -0.2) is 13.8 Å². The average Bonchev–Trinajstić information content (AvgIpc) is 2.73. The van der Waals surface area contributed by atoms with Crippen LogP contribution < -0.4 is 5.43 Å². The molecule has 7 nitrogen and oxygen atoms in total. The van der Waals surface area contributed by atoms with Gasteiger partial charge in [-0.2, -0.15) is 9.41 Å². The van der Waals surface area contributed by atoms with Crippen molar-refractivity contribution in [1.82, 2.24) is 14.7 Å². The third-order valence-corrected chi connectivity index (χ3v) is 6.94. The fraction of sp³-hybridized carbons (Fsp3) is 0.350. The zero-order valence-electron chi connectivity index (χ0n) is 15.9. The molecule has 0 atom stereocenters. The maximum absolute atomic E-state index is 13.2. The van der Waals surface area contributed by atoms with Crippen molar-refractivity contribution in [2.24, 2.45) is 5.10 Å². The fourth-order valence-electron chi connectivity index (χ4n) is 3.32. The minimum absolute atomic E-state index is 0.122. The van der Waals surface area contributed by atoms with Crippen molar-refractivity contribution in [3.63, 3.8) is 0 Å². The molecule has 1 heterocycles. The summed E-state index contributed by atoms with van der Waals surface area (Å²) < 4.78 is 27.7. The van der Waals surface area contributed by atoms with E-state index in [0.717, 1.165) is 32.1 Å². The molecule has 0 spiro atoms. The maximum atomic E-state index is 13.2. The maximum Gasteiger partial charge on any atom is 0.255 e. The Kier molecular flexibility index (Phi) is 7.35. The van der Waals surface area contributed by atoms with Crippen LogP contribution in [0.2, 0.25) is 5.02 Å². The van der Waals surface area contributed by atoms with E-state index in [4.69, 9.17) is 11.6 Å². The van der Waals surface area contributed by atoms with Gasteiger partial charge in [-0.15, -0.1) is 0 Å². The summed E-state index contributed by atoms with van der Waals surface area (Å²) in [7, 11) is -3.84. The van der Waals surface area contributed by atoms with E-state index in [9.17, 15) is 13.2 Å². The molecule has 1 amide bonds. The Labute approximate surface area is 175 Å². The van der Waals surface area contributed by atoms with Crippen LogP contribution in [0, 0.1) is 0 Å². The van der Waals surface area contributed by atoms with E-state index in [0.29, 0.717) is 10.7 Å². The van der Waals surface area contributed by atoms with Gasteiger partial charge in [0.25, 0.3) is 5.91 Å². The molecule has 1 aliphatic rings. The summed E-state index contributed by atoms with van der Waals surface area (Å²) in [6, 6.07) is 11.1. The first-order valence-electron chi connectivity index (χ1n) is 9.47. The van der Waals surface area contributed by atoms with Crippen LogP contribution in [-0.4, -0.2) is 42.4 Å². The zero-order chi connectivity index (χ0) is 20.7. The van der Waals surface area contributed by atoms with Crippen LogP contribution in [0.5, 0.6) is 0 Å². The number of aromatic nitrogens is 1. The molecule has 1 fully saturated rings. The van der Waals surface area contributed by atoms with Crippen LogP contribution >= 0.6 is 11.6 Å². The highest BCUT2D eigenvalue weighted by Crippen LogP contribution is 2.28. The predicted octanol–water partition coefficient (Wildman–Crippen LogP) is 3.21. The second-order valence-electron chi connectivity index (χ2n) is 6.84. The molecule has 1 aromatic carbocycles. The minimum Gasteiger partial charge on any atom is -0.272 e. The third-order valence-electron chi connectivity index (χ3n) is 4.78. The number of carbonyl (C=O) groups is 1. The van der Waals surface area contributed by atoms with E-state index >= 15 is 0 Å². The first-order valence-corrected chi connectivity index (χ1v) is 11.3. The summed E-state index contributed by atoms with van der Waals surface area (Å²) in [5, 5.41) is 4.33. The van der Waals surface area contributed by atoms with Crippen molar-refractivity contribution in [3.05, 3.63) is 59.4 Å². The number of sulfonamides is 1. The van der Waals surface area contributed by atoms with Crippen LogP contribution in [0.15, 0.2) is 58.7 Å². The summed E-state index contributed by atoms with van der Waals surface area (Å²) in [6.07, 6.45) is 7.46. The van der Waals surface area contributed by atoms with Crippen molar-refractivity contribution in [3.8, 4) is 0 Å². The Morgan fingerprint density at radius 2 is 1.90 bits per heavy atom. The SMILES string of the molecule is O=C(CN(C1CCCCC1)S(=O)(=O)c1ccc(Cl)cc1)N/N=C\c1ccccn1. The van der Waals surface area contributed by atoms with Gasteiger partial charge in [0.15, 0.2) is 0 Å². The van der Waals surface area contributed by atoms with E-state index < -0.39 is 15.9 Å². The highest BCUT2D eigenvalue weighted by molar-refractivity contribution is 7.89. The van der Waals surface area contributed by atoms with Gasteiger partial charge in [0.1, 0.15) is 0 Å². The van der Waals surface area contributed by atoms with Crippen LogP contribution in [0.4, 0.5) is 0 Å². The number of halogens is 1. The molecule has 0 radical (unpaired) electrons. The lowest BCUT2D eigenvalue weighted by molar-refractivity contribution is -0.121. The molecule has 0 unspecified atom stereocenters. The molecule has 2 aromatic rings. The number of rotatable bonds is 7. The molecule has 9 heteroatoms. The topological polar surface area (TPSA) is 91.7 Å². The molecule has 1 aliphatic carbocycles. The third kappa shape index (κ3) is 5.85. The van der Waals surface area contributed by atoms with Crippen molar-refractivity contribution in [2.45, 2.75) is 43.0 Å². The zero-order valence-corrected chi connectivity index (χ0v) is 17.4. The molecule has 0 aliphatic heterocycles. The molecular formula is C20H23ClN4O3S. The lowest BCUT2D eigenvalue weighted by Gasteiger charge is -2.32. The second-order valence-corrected chi connectivity index (χ2v) is 9.17. The van der Waals surface area contributed by atoms with Gasteiger partial charge in [0, 0.05) is 17.3 Å². The quantitative estimate of drug-likeness (QED) is 0.535. The molecule has 1 N–H and O–H groups in total. The van der Waals surface area contributed by atoms with Gasteiger partial charge < -0.3 is 0 Å². The van der Waals surface area contributed by atoms with E-state index in [-0.39, 0.29) is 17.5 Å². The molecule has 0 saturated heterocycles. The number of carbonyl (C=O) groups excluding carboxylic acids is 1. The largest absolute Gasteiger partial charge is 0.272 e. The average molecular weight is 435 g/mol. The Morgan fingerprint density at radius 3 is 2.55 bits per heavy atom. The standard InChI is InChI=1S/C20H23ClN4O3S/c21-16-9-11-19(12-10-16)29(27,28)25(18-7-2-1-3-8-18)15-20(26)24-23-14-17-6-4-5-13-22-17/h4-6,9-14,18H,1-3,7-8,15H2,(H,24,26)/b23-14-. The molecule has 1 saturated carbocycles. The van der Waals surface area contributed by atoms with E-state index in [1.165, 1.54) is 34.8 Å². The van der Waals surface area contributed by atoms with E-state index in [1.54, 1.807) is 24.4 Å². The minimum atomic E-state index is -3.84. The highest BCUT2D eigenvalue weighted by Gasteiger charge is 2.33. The second kappa shape index (κ2) is 9.96. The van der Waals surface area contributed by atoms with Crippen LogP contribution in [0.1, 0.15) is 37.8 Å². The Morgan fingerprint density at radius 1 is 1.17 bits per heavy atom. The van der Waals surface area contributed by atoms with Gasteiger partial charge in [0.05, 0.1) is 23.3 Å². The first-order chi connectivity index (χ1) is 14.0. The predicted molar refractivity (Wildman–Crippen MR) is 112 cm³/mol. The number of amides is 1. The Hall–Kier alpha value is -2.29. The van der Waals surface area contributed by atoms with Crippen LogP contribution in [0.3, 0.4) is 0 Å². The smallest absolute Gasteiger partial charge is 0.255 e. The van der Waals surface area contributed by atoms with Gasteiger partial charge in [-0.1, -0.05) is 36.9 Å². The van der Waals surface area contributed by atoms with Crippen molar-refractivity contribution in [1.29, 1.82) is 0 Å². The number of benzene rings is 1. The summed E-state index contributed by atoms with van der Waals surface area (Å²) >= 11 is 5.89. The number of hydrazone groups is 1. The van der Waals surface area contributed by atoms with Crippen molar-refractivity contribution >= 4 is 33.7 Å². The van der Waals surface area contributed by atoms with Crippen LogP contribution in [0.25, 0.3) is 0 Å². The lowest BCUT2D eigenvalue weighted by atomic mass is 9.95. The van der Waals surface area contributed by atoms with Gasteiger partial charge in [-0.05, 0) is 49.2 Å².